The molecule has 1 fully saturated rings. The Morgan fingerprint density at radius 3 is 2.37 bits per heavy atom. The molecule has 0 saturated carbocycles. The van der Waals surface area contributed by atoms with Crippen molar-refractivity contribution in [3.8, 4) is 0 Å². The minimum absolute atomic E-state index is 0.145. The van der Waals surface area contributed by atoms with E-state index in [-0.39, 0.29) is 5.84 Å². The van der Waals surface area contributed by atoms with E-state index < -0.39 is 0 Å². The summed E-state index contributed by atoms with van der Waals surface area (Å²) in [5, 5.41) is 7.46. The molecular weight excluding hydrogens is 236 g/mol. The van der Waals surface area contributed by atoms with Crippen molar-refractivity contribution in [3.63, 3.8) is 0 Å². The Kier molecular flexibility index (Phi) is 4.56. The van der Waals surface area contributed by atoms with Gasteiger partial charge in [0.25, 0.3) is 0 Å². The highest BCUT2D eigenvalue weighted by atomic mass is 15.3. The molecule has 4 nitrogen and oxygen atoms in total. The Bertz CT molecular complexity index is 447. The number of hydrogen-bond acceptors (Lipinski definition) is 3. The summed E-state index contributed by atoms with van der Waals surface area (Å²) < 4.78 is 0. The van der Waals surface area contributed by atoms with Crippen LogP contribution >= 0.6 is 0 Å². The summed E-state index contributed by atoms with van der Waals surface area (Å²) in [5.74, 6) is 0.145. The minimum atomic E-state index is 0.145. The molecule has 0 bridgehead atoms. The van der Waals surface area contributed by atoms with E-state index in [1.165, 1.54) is 24.2 Å². The van der Waals surface area contributed by atoms with Gasteiger partial charge in [0, 0.05) is 38.3 Å². The average molecular weight is 260 g/mol. The van der Waals surface area contributed by atoms with Crippen LogP contribution in [-0.2, 0) is 6.54 Å². The monoisotopic (exact) mass is 260 g/mol. The van der Waals surface area contributed by atoms with Crippen molar-refractivity contribution in [2.24, 2.45) is 5.73 Å². The van der Waals surface area contributed by atoms with Crippen LogP contribution in [-0.4, -0.2) is 48.4 Å². The maximum absolute atomic E-state index is 7.46. The zero-order valence-electron chi connectivity index (χ0n) is 11.9. The first kappa shape index (κ1) is 14.0. The molecule has 1 heterocycles. The second-order valence-corrected chi connectivity index (χ2v) is 5.27. The van der Waals surface area contributed by atoms with Crippen LogP contribution in [0, 0.1) is 12.3 Å². The number of nitrogens with zero attached hydrogens (tertiary/aromatic N) is 2. The van der Waals surface area contributed by atoms with E-state index in [2.05, 4.69) is 29.7 Å². The zero-order chi connectivity index (χ0) is 13.8. The van der Waals surface area contributed by atoms with Crippen molar-refractivity contribution >= 4 is 5.84 Å². The number of nitrogen functional groups attached to an aromatic ring is 1. The molecule has 1 saturated heterocycles. The van der Waals surface area contributed by atoms with Gasteiger partial charge in [-0.3, -0.25) is 10.3 Å². The van der Waals surface area contributed by atoms with E-state index in [0.29, 0.717) is 0 Å². The quantitative estimate of drug-likeness (QED) is 0.636. The van der Waals surface area contributed by atoms with Gasteiger partial charge < -0.3 is 10.6 Å². The van der Waals surface area contributed by atoms with E-state index in [0.717, 1.165) is 31.7 Å². The molecule has 0 amide bonds. The Balaban J connectivity index is 1.98. The van der Waals surface area contributed by atoms with Crippen LogP contribution in [0.1, 0.15) is 23.6 Å². The van der Waals surface area contributed by atoms with Crippen LogP contribution in [0.15, 0.2) is 18.2 Å². The molecule has 0 aromatic heterocycles. The van der Waals surface area contributed by atoms with Crippen LogP contribution in [0.3, 0.4) is 0 Å². The number of likely N-dealkylation sites (N-methyl/N-ethyl adjacent to an activating group) is 1. The molecule has 19 heavy (non-hydrogen) atoms. The second-order valence-electron chi connectivity index (χ2n) is 5.27. The Morgan fingerprint density at radius 1 is 1.21 bits per heavy atom. The van der Waals surface area contributed by atoms with Gasteiger partial charge in [-0.15, -0.1) is 0 Å². The van der Waals surface area contributed by atoms with Crippen molar-refractivity contribution < 1.29 is 0 Å². The number of nitrogens with two attached hydrogens (primary N) is 1. The number of nitrogens with one attached hydrogen (secondary N) is 1. The fraction of sp³-hybridized carbons (Fsp3) is 0.533. The molecule has 4 heteroatoms. The van der Waals surface area contributed by atoms with Crippen LogP contribution in [0.25, 0.3) is 0 Å². The molecule has 1 aromatic rings. The van der Waals surface area contributed by atoms with Gasteiger partial charge in [0.15, 0.2) is 0 Å². The molecule has 0 atom stereocenters. The van der Waals surface area contributed by atoms with Gasteiger partial charge in [-0.25, -0.2) is 0 Å². The maximum Gasteiger partial charge on any atom is 0.122 e. The lowest BCUT2D eigenvalue weighted by molar-refractivity contribution is 0.132. The van der Waals surface area contributed by atoms with Gasteiger partial charge in [-0.05, 0) is 30.7 Å². The number of hydrogen-bond donors (Lipinski definition) is 2. The van der Waals surface area contributed by atoms with E-state index in [9.17, 15) is 0 Å². The topological polar surface area (TPSA) is 56.4 Å². The lowest BCUT2D eigenvalue weighted by Gasteiger charge is -2.34. The normalized spacial score (nSPS) is 17.6. The third kappa shape index (κ3) is 3.55. The van der Waals surface area contributed by atoms with Gasteiger partial charge in [-0.1, -0.05) is 19.1 Å². The Morgan fingerprint density at radius 2 is 1.84 bits per heavy atom. The van der Waals surface area contributed by atoms with Gasteiger partial charge in [-0.2, -0.15) is 0 Å². The molecule has 1 aromatic carbocycles. The summed E-state index contributed by atoms with van der Waals surface area (Å²) in [5.41, 5.74) is 8.90. The van der Waals surface area contributed by atoms with Crippen molar-refractivity contribution in [2.45, 2.75) is 20.4 Å². The first-order chi connectivity index (χ1) is 9.10. The molecule has 0 radical (unpaired) electrons. The first-order valence-corrected chi connectivity index (χ1v) is 6.98. The largest absolute Gasteiger partial charge is 0.384 e. The summed E-state index contributed by atoms with van der Waals surface area (Å²) in [6, 6.07) is 6.07. The fourth-order valence-corrected chi connectivity index (χ4v) is 2.55. The third-order valence-electron chi connectivity index (χ3n) is 3.96. The molecule has 104 valence electrons. The summed E-state index contributed by atoms with van der Waals surface area (Å²) in [6.45, 7) is 11.1. The van der Waals surface area contributed by atoms with Crippen molar-refractivity contribution in [2.75, 3.05) is 32.7 Å². The van der Waals surface area contributed by atoms with Crippen LogP contribution in [0.5, 0.6) is 0 Å². The predicted octanol–water partition coefficient (Wildman–Crippen LogP) is 1.42. The predicted molar refractivity (Wildman–Crippen MR) is 79.6 cm³/mol. The molecule has 1 aliphatic heterocycles. The van der Waals surface area contributed by atoms with Crippen LogP contribution in [0.2, 0.25) is 0 Å². The van der Waals surface area contributed by atoms with Crippen molar-refractivity contribution in [1.82, 2.24) is 9.80 Å². The Hall–Kier alpha value is -1.39. The number of rotatable bonds is 4. The van der Waals surface area contributed by atoms with Crippen LogP contribution < -0.4 is 5.73 Å². The smallest absolute Gasteiger partial charge is 0.122 e. The molecule has 0 unspecified atom stereocenters. The molecule has 1 aliphatic rings. The highest BCUT2D eigenvalue weighted by molar-refractivity contribution is 5.95. The third-order valence-corrected chi connectivity index (χ3v) is 3.96. The lowest BCUT2D eigenvalue weighted by Crippen LogP contribution is -2.45. The average Bonchev–Trinajstić information content (AvgIpc) is 2.41. The Labute approximate surface area is 115 Å². The fourth-order valence-electron chi connectivity index (χ4n) is 2.55. The number of amidine groups is 1. The van der Waals surface area contributed by atoms with Gasteiger partial charge >= 0.3 is 0 Å². The highest BCUT2D eigenvalue weighted by Gasteiger charge is 2.16. The van der Waals surface area contributed by atoms with Crippen LogP contribution in [0.4, 0.5) is 0 Å². The summed E-state index contributed by atoms with van der Waals surface area (Å²) >= 11 is 0. The number of piperazine rings is 1. The maximum atomic E-state index is 7.46. The minimum Gasteiger partial charge on any atom is -0.384 e. The zero-order valence-corrected chi connectivity index (χ0v) is 11.9. The first-order valence-electron chi connectivity index (χ1n) is 6.98. The molecule has 0 aliphatic carbocycles. The lowest BCUT2D eigenvalue weighted by atomic mass is 10.0. The SMILES string of the molecule is CCN1CCN(Cc2ccc(C(=N)N)cc2C)CC1. The number of aryl methyl sites for hydroxylation is 1. The van der Waals surface area contributed by atoms with Gasteiger partial charge in [0.05, 0.1) is 0 Å². The van der Waals surface area contributed by atoms with E-state index in [1.54, 1.807) is 0 Å². The highest BCUT2D eigenvalue weighted by Crippen LogP contribution is 2.14. The van der Waals surface area contributed by atoms with Gasteiger partial charge in [0.2, 0.25) is 0 Å². The van der Waals surface area contributed by atoms with E-state index in [4.69, 9.17) is 11.1 Å². The number of benzene rings is 1. The molecule has 2 rings (SSSR count). The van der Waals surface area contributed by atoms with E-state index in [1.807, 2.05) is 12.1 Å². The summed E-state index contributed by atoms with van der Waals surface area (Å²) in [7, 11) is 0. The second kappa shape index (κ2) is 6.17. The van der Waals surface area contributed by atoms with E-state index >= 15 is 0 Å². The molecule has 0 spiro atoms. The molecular formula is C15H24N4. The van der Waals surface area contributed by atoms with Gasteiger partial charge in [0.1, 0.15) is 5.84 Å². The summed E-state index contributed by atoms with van der Waals surface area (Å²) in [4.78, 5) is 4.99. The van der Waals surface area contributed by atoms with Crippen molar-refractivity contribution in [3.05, 3.63) is 34.9 Å². The standard InChI is InChI=1S/C15H24N4/c1-3-18-6-8-19(9-7-18)11-14-5-4-13(15(16)17)10-12(14)2/h4-5,10H,3,6-9,11H2,1-2H3,(H3,16,17). The van der Waals surface area contributed by atoms with Crippen molar-refractivity contribution in [1.29, 1.82) is 5.41 Å². The summed E-state index contributed by atoms with van der Waals surface area (Å²) in [6.07, 6.45) is 0. The molecule has 3 N–H and O–H groups in total.